The van der Waals surface area contributed by atoms with Crippen LogP contribution in [0.4, 0.5) is 70.2 Å². The van der Waals surface area contributed by atoms with Gasteiger partial charge in [-0.05, 0) is 57.3 Å². The van der Waals surface area contributed by atoms with Crippen LogP contribution in [-0.2, 0) is 0 Å². The van der Waals surface area contributed by atoms with Crippen molar-refractivity contribution in [3.05, 3.63) is 0 Å². The van der Waals surface area contributed by atoms with Crippen molar-refractivity contribution in [1.29, 1.82) is 0 Å². The second-order valence-corrected chi connectivity index (χ2v) is 16.5. The molecule has 0 radical (unpaired) electrons. The molecule has 0 heterocycles. The lowest BCUT2D eigenvalue weighted by molar-refractivity contribution is -0.220. The molecule has 0 saturated heterocycles. The molecule has 0 aromatic rings. The summed E-state index contributed by atoms with van der Waals surface area (Å²) in [5, 5.41) is 0. The van der Waals surface area contributed by atoms with Crippen LogP contribution in [0.1, 0.15) is 158 Å². The Bertz CT molecular complexity index is 739. The van der Waals surface area contributed by atoms with Crippen LogP contribution in [0.15, 0.2) is 0 Å². The second-order valence-electron chi connectivity index (χ2n) is 16.5. The van der Waals surface area contributed by atoms with E-state index in [1.54, 1.807) is 20.8 Å². The molecule has 0 aromatic carbocycles. The first kappa shape index (κ1) is 72.5. The highest BCUT2D eigenvalue weighted by Gasteiger charge is 2.54. The van der Waals surface area contributed by atoms with E-state index in [1.807, 2.05) is 41.5 Å². The highest BCUT2D eigenvalue weighted by Crippen LogP contribution is 2.39. The third-order valence-electron chi connectivity index (χ3n) is 6.04. The van der Waals surface area contributed by atoms with Crippen molar-refractivity contribution < 1.29 is 70.2 Å². The maximum absolute atomic E-state index is 12.3. The Morgan fingerprint density at radius 1 is 0.446 bits per heavy atom. The predicted octanol–water partition coefficient (Wildman–Crippen LogP) is 18.0. The van der Waals surface area contributed by atoms with Gasteiger partial charge in [0.25, 0.3) is 0 Å². The molecule has 0 aromatic heterocycles. The van der Waals surface area contributed by atoms with Crippen molar-refractivity contribution in [2.24, 2.45) is 47.3 Å². The van der Waals surface area contributed by atoms with Crippen molar-refractivity contribution >= 4 is 0 Å². The van der Waals surface area contributed by atoms with Gasteiger partial charge in [-0.15, -0.1) is 0 Å². The average molecular weight is 865 g/mol. The average Bonchev–Trinajstić information content (AvgIpc) is 2.91. The third kappa shape index (κ3) is 73.9. The summed E-state index contributed by atoms with van der Waals surface area (Å²) in [6.45, 7) is 29.1. The van der Waals surface area contributed by atoms with Crippen LogP contribution in [0.2, 0.25) is 0 Å². The molecule has 16 heteroatoms. The van der Waals surface area contributed by atoms with Crippen molar-refractivity contribution in [3.63, 3.8) is 0 Å². The number of alkyl halides is 16. The van der Waals surface area contributed by atoms with E-state index < -0.39 is 66.1 Å². The van der Waals surface area contributed by atoms with Crippen LogP contribution < -0.4 is 0 Å². The van der Waals surface area contributed by atoms with E-state index in [0.29, 0.717) is 24.7 Å². The van der Waals surface area contributed by atoms with Gasteiger partial charge in [0.15, 0.2) is 0 Å². The molecule has 0 fully saturated rings. The summed E-state index contributed by atoms with van der Waals surface area (Å²) >= 11 is 0. The maximum atomic E-state index is 12.3. The molecule has 0 bridgehead atoms. The van der Waals surface area contributed by atoms with Gasteiger partial charge in [-0.25, -0.2) is 39.5 Å². The maximum Gasteiger partial charge on any atom is 0.391 e. The summed E-state index contributed by atoms with van der Waals surface area (Å²) in [5.74, 6) is -15.0. The van der Waals surface area contributed by atoms with Crippen molar-refractivity contribution in [2.45, 2.75) is 200 Å². The molecule has 1 atom stereocenters. The van der Waals surface area contributed by atoms with E-state index in [0.717, 1.165) is 41.5 Å². The Morgan fingerprint density at radius 2 is 0.732 bits per heavy atom. The van der Waals surface area contributed by atoms with Gasteiger partial charge in [-0.3, -0.25) is 8.78 Å². The molecule has 0 rings (SSSR count). The molecular weight excluding hydrogens is 784 g/mol. The third-order valence-corrected chi connectivity index (χ3v) is 6.04. The molecule has 0 saturated carbocycles. The van der Waals surface area contributed by atoms with E-state index in [1.165, 1.54) is 27.7 Å². The summed E-state index contributed by atoms with van der Waals surface area (Å²) < 4.78 is 186. The SMILES string of the molecule is CC(C)C(C)(F)F.CC(C)C(F)(F)C(C)(F)F.CC(C)C(F)(F)F.CC(C)C(F)F.CC(C)CC(C)(F)F.CC(C)CC(C)F.CC(C)CCF.CC(C)CF. The number of halogens is 16. The fourth-order valence-electron chi connectivity index (χ4n) is 2.09. The minimum absolute atomic E-state index is 0.00694. The Labute approximate surface area is 331 Å². The van der Waals surface area contributed by atoms with Gasteiger partial charge in [0.05, 0.1) is 19.5 Å². The summed E-state index contributed by atoms with van der Waals surface area (Å²) in [4.78, 5) is 0. The Morgan fingerprint density at radius 3 is 0.732 bits per heavy atom. The molecule has 0 amide bonds. The van der Waals surface area contributed by atoms with Gasteiger partial charge >= 0.3 is 18.0 Å². The molecule has 0 N–H and O–H groups in total. The molecule has 0 aliphatic heterocycles. The predicted molar refractivity (Wildman–Crippen MR) is 204 cm³/mol. The lowest BCUT2D eigenvalue weighted by Gasteiger charge is -2.26. The lowest BCUT2D eigenvalue weighted by Crippen LogP contribution is -2.42. The molecular formula is C40H80F16. The van der Waals surface area contributed by atoms with Crippen molar-refractivity contribution in [3.8, 4) is 0 Å². The summed E-state index contributed by atoms with van der Waals surface area (Å²) in [7, 11) is 0. The van der Waals surface area contributed by atoms with Gasteiger partial charge in [0.2, 0.25) is 18.3 Å². The van der Waals surface area contributed by atoms with Crippen LogP contribution in [0.25, 0.3) is 0 Å². The zero-order chi connectivity index (χ0) is 47.8. The van der Waals surface area contributed by atoms with Crippen LogP contribution >= 0.6 is 0 Å². The fraction of sp³-hybridized carbons (Fsp3) is 1.00. The second kappa shape index (κ2) is 36.9. The number of hydrogen-bond acceptors (Lipinski definition) is 0. The molecule has 1 unspecified atom stereocenters. The van der Waals surface area contributed by atoms with Gasteiger partial charge in [-0.1, -0.05) is 111 Å². The van der Waals surface area contributed by atoms with Crippen LogP contribution in [0.5, 0.6) is 0 Å². The van der Waals surface area contributed by atoms with Gasteiger partial charge in [-0.2, -0.15) is 22.0 Å². The zero-order valence-corrected chi connectivity index (χ0v) is 37.9. The van der Waals surface area contributed by atoms with Crippen LogP contribution in [-0.4, -0.2) is 55.8 Å². The Hall–Kier alpha value is -1.12. The zero-order valence-electron chi connectivity index (χ0n) is 37.9. The Balaban J connectivity index is -0.0000000790. The van der Waals surface area contributed by atoms with Crippen molar-refractivity contribution in [1.82, 2.24) is 0 Å². The molecule has 352 valence electrons. The highest BCUT2D eigenvalue weighted by molar-refractivity contribution is 4.83. The normalized spacial score (nSPS) is 12.6. The smallest absolute Gasteiger partial charge is 0.251 e. The van der Waals surface area contributed by atoms with E-state index in [4.69, 9.17) is 0 Å². The molecule has 0 nitrogen and oxygen atoms in total. The molecule has 0 aliphatic carbocycles. The number of rotatable bonds is 11. The van der Waals surface area contributed by atoms with E-state index in [-0.39, 0.29) is 38.5 Å². The van der Waals surface area contributed by atoms with Gasteiger partial charge in [0, 0.05) is 37.0 Å². The van der Waals surface area contributed by atoms with Gasteiger partial charge < -0.3 is 0 Å². The minimum atomic E-state index is -4.00. The summed E-state index contributed by atoms with van der Waals surface area (Å²) in [5.41, 5.74) is 0. The topological polar surface area (TPSA) is 0 Å². The Kier molecular flexibility index (Phi) is 47.8. The standard InChI is InChI=1S/C6H10F4.C6H12F2.C6H13F.C5H10F2.C5H11F.C4H7F3.C4H8F2.C4H9F/c1-4(2)6(9,10)5(3,7)8;1-5(2)4-6(3,7)8;1-5(2)4-6(3)7;1-4(2)5(3,6)7;1-5(2)3-4-6;1-3(2)4(5,6)7;1-3(2)4(5)6;1-4(2)3-5/h4H,1-3H3;5H,4H2,1-3H3;5-6H,4H2,1-3H3;4H,1-3H3;5H,3-4H2,1-2H3;3H,1-2H3;3-4H,1-2H3;4H,3H2,1-2H3. The minimum Gasteiger partial charge on any atom is -0.251 e. The van der Waals surface area contributed by atoms with Gasteiger partial charge in [0.1, 0.15) is 0 Å². The van der Waals surface area contributed by atoms with Crippen molar-refractivity contribution in [2.75, 3.05) is 13.3 Å². The summed E-state index contributed by atoms with van der Waals surface area (Å²) in [6.07, 6.45) is -5.38. The van der Waals surface area contributed by atoms with E-state index in [9.17, 15) is 70.2 Å². The first-order valence-electron chi connectivity index (χ1n) is 18.9. The monoisotopic (exact) mass is 865 g/mol. The summed E-state index contributed by atoms with van der Waals surface area (Å²) in [6, 6.07) is 0. The molecule has 0 spiro atoms. The molecule has 56 heavy (non-hydrogen) atoms. The van der Waals surface area contributed by atoms with E-state index >= 15 is 0 Å². The highest BCUT2D eigenvalue weighted by atomic mass is 19.4. The quantitative estimate of drug-likeness (QED) is 0.182. The number of hydrogen-bond donors (Lipinski definition) is 0. The first-order chi connectivity index (χ1) is 24.3. The lowest BCUT2D eigenvalue weighted by atomic mass is 10.0. The first-order valence-corrected chi connectivity index (χ1v) is 18.9. The van der Waals surface area contributed by atoms with Crippen LogP contribution in [0, 0.1) is 47.3 Å². The largest absolute Gasteiger partial charge is 0.391 e. The van der Waals surface area contributed by atoms with Crippen LogP contribution in [0.3, 0.4) is 0 Å². The fourth-order valence-corrected chi connectivity index (χ4v) is 2.09. The van der Waals surface area contributed by atoms with E-state index in [2.05, 4.69) is 0 Å². The molecule has 0 aliphatic rings.